The number of hydrogen-bond donors (Lipinski definition) is 1. The van der Waals surface area contributed by atoms with Crippen LogP contribution < -0.4 is 5.32 Å². The molecule has 4 heteroatoms. The van der Waals surface area contributed by atoms with Crippen molar-refractivity contribution in [3.63, 3.8) is 0 Å². The minimum Gasteiger partial charge on any atom is -0.323 e. The zero-order valence-electron chi connectivity index (χ0n) is 12.0. The number of halogens is 1. The molecule has 1 aliphatic heterocycles. The lowest BCUT2D eigenvalue weighted by Gasteiger charge is -2.12. The van der Waals surface area contributed by atoms with E-state index in [4.69, 9.17) is 11.6 Å². The van der Waals surface area contributed by atoms with Crippen LogP contribution in [0.3, 0.4) is 0 Å². The molecule has 0 atom stereocenters. The lowest BCUT2D eigenvalue weighted by atomic mass is 9.98. The van der Waals surface area contributed by atoms with E-state index >= 15 is 0 Å². The van der Waals surface area contributed by atoms with E-state index in [-0.39, 0.29) is 12.5 Å². The van der Waals surface area contributed by atoms with Gasteiger partial charge >= 0.3 is 0 Å². The van der Waals surface area contributed by atoms with Crippen LogP contribution in [0.25, 0.3) is 0 Å². The quantitative estimate of drug-likeness (QED) is 0.894. The number of carbonyl (C=O) groups excluding carboxylic acids is 1. The number of amides is 1. The van der Waals surface area contributed by atoms with Gasteiger partial charge in [-0.3, -0.25) is 9.79 Å². The Morgan fingerprint density at radius 3 is 2.77 bits per heavy atom. The molecule has 22 heavy (non-hydrogen) atoms. The van der Waals surface area contributed by atoms with Gasteiger partial charge in [0.25, 0.3) is 0 Å². The molecule has 0 spiro atoms. The number of aliphatic imine (C=N–C) groups is 1. The Balaban J connectivity index is 1.86. The van der Waals surface area contributed by atoms with Crippen molar-refractivity contribution in [2.45, 2.75) is 18.8 Å². The van der Waals surface area contributed by atoms with Gasteiger partial charge in [-0.2, -0.15) is 0 Å². The van der Waals surface area contributed by atoms with Gasteiger partial charge in [0, 0.05) is 11.1 Å². The lowest BCUT2D eigenvalue weighted by molar-refractivity contribution is -0.114. The Morgan fingerprint density at radius 2 is 1.95 bits per heavy atom. The first kappa shape index (κ1) is 13.5. The predicted octanol–water partition coefficient (Wildman–Crippen LogP) is 4.01. The Hall–Kier alpha value is -2.13. The number of carbonyl (C=O) groups is 1. The Kier molecular flexibility index (Phi) is 3.23. The minimum atomic E-state index is -0.136. The second kappa shape index (κ2) is 5.25. The first-order valence-corrected chi connectivity index (χ1v) is 7.84. The number of benzene rings is 2. The highest BCUT2D eigenvalue weighted by Crippen LogP contribution is 2.40. The van der Waals surface area contributed by atoms with E-state index < -0.39 is 0 Å². The summed E-state index contributed by atoms with van der Waals surface area (Å²) in [7, 11) is 0. The van der Waals surface area contributed by atoms with Crippen molar-refractivity contribution in [2.75, 3.05) is 11.9 Å². The fourth-order valence-electron chi connectivity index (χ4n) is 2.87. The third-order valence-electron chi connectivity index (χ3n) is 4.12. The normalized spacial score (nSPS) is 17.3. The Bertz CT molecular complexity index is 793. The summed E-state index contributed by atoms with van der Waals surface area (Å²) in [5.41, 5.74) is 4.77. The highest BCUT2D eigenvalue weighted by molar-refractivity contribution is 6.35. The molecule has 0 aromatic heterocycles. The fourth-order valence-corrected chi connectivity index (χ4v) is 3.09. The zero-order valence-corrected chi connectivity index (χ0v) is 12.7. The molecule has 2 aromatic carbocycles. The lowest BCUT2D eigenvalue weighted by Crippen LogP contribution is -2.13. The molecule has 2 aliphatic rings. The van der Waals surface area contributed by atoms with Gasteiger partial charge in [-0.1, -0.05) is 41.9 Å². The second-order valence-electron chi connectivity index (χ2n) is 5.78. The summed E-state index contributed by atoms with van der Waals surface area (Å²) >= 11 is 6.25. The van der Waals surface area contributed by atoms with Crippen molar-refractivity contribution in [2.24, 2.45) is 4.99 Å². The minimum absolute atomic E-state index is 0.119. The van der Waals surface area contributed by atoms with E-state index in [2.05, 4.69) is 28.5 Å². The molecular weight excluding hydrogens is 296 g/mol. The monoisotopic (exact) mass is 310 g/mol. The van der Waals surface area contributed by atoms with Crippen LogP contribution in [0.4, 0.5) is 5.69 Å². The van der Waals surface area contributed by atoms with Crippen LogP contribution in [0.1, 0.15) is 35.4 Å². The smallest absolute Gasteiger partial charge is 0.246 e. The fraction of sp³-hybridized carbons (Fsp3) is 0.222. The largest absolute Gasteiger partial charge is 0.323 e. The highest BCUT2D eigenvalue weighted by atomic mass is 35.5. The molecule has 3 nitrogen and oxygen atoms in total. The summed E-state index contributed by atoms with van der Waals surface area (Å²) in [6.07, 6.45) is 2.52. The van der Waals surface area contributed by atoms with Gasteiger partial charge in [-0.25, -0.2) is 0 Å². The SMILES string of the molecule is O=C1CN=C(c2cccc(C3CC3)c2)c2cccc(Cl)c2N1. The number of fused-ring (bicyclic) bond motifs is 1. The summed E-state index contributed by atoms with van der Waals surface area (Å²) in [6.45, 7) is 0.119. The van der Waals surface area contributed by atoms with Crippen LogP contribution in [0.5, 0.6) is 0 Å². The number of hydrogen-bond acceptors (Lipinski definition) is 2. The van der Waals surface area contributed by atoms with E-state index in [0.717, 1.165) is 16.8 Å². The maximum absolute atomic E-state index is 11.9. The third-order valence-corrected chi connectivity index (χ3v) is 4.44. The van der Waals surface area contributed by atoms with Gasteiger partial charge in [0.15, 0.2) is 0 Å². The molecule has 0 radical (unpaired) electrons. The van der Waals surface area contributed by atoms with Gasteiger partial charge < -0.3 is 5.32 Å². The van der Waals surface area contributed by atoms with Crippen molar-refractivity contribution < 1.29 is 4.79 Å². The van der Waals surface area contributed by atoms with Crippen molar-refractivity contribution in [3.8, 4) is 0 Å². The Labute approximate surface area is 134 Å². The molecule has 1 heterocycles. The molecule has 0 bridgehead atoms. The van der Waals surface area contributed by atoms with Gasteiger partial charge in [0.1, 0.15) is 6.54 Å². The average Bonchev–Trinajstić information content (AvgIpc) is 3.35. The van der Waals surface area contributed by atoms with Crippen molar-refractivity contribution >= 4 is 28.9 Å². The van der Waals surface area contributed by atoms with E-state index in [1.165, 1.54) is 18.4 Å². The van der Waals surface area contributed by atoms with Crippen LogP contribution in [0, 0.1) is 0 Å². The molecule has 1 aliphatic carbocycles. The van der Waals surface area contributed by atoms with Crippen molar-refractivity contribution in [1.29, 1.82) is 0 Å². The van der Waals surface area contributed by atoms with Crippen LogP contribution in [-0.2, 0) is 4.79 Å². The van der Waals surface area contributed by atoms with Crippen molar-refractivity contribution in [3.05, 3.63) is 64.2 Å². The number of nitrogens with one attached hydrogen (secondary N) is 1. The summed E-state index contributed by atoms with van der Waals surface area (Å²) in [6, 6.07) is 14.1. The second-order valence-corrected chi connectivity index (χ2v) is 6.18. The number of anilines is 1. The number of nitrogens with zero attached hydrogens (tertiary/aromatic N) is 1. The summed E-state index contributed by atoms with van der Waals surface area (Å²) in [5.74, 6) is 0.549. The maximum Gasteiger partial charge on any atom is 0.246 e. The third kappa shape index (κ3) is 2.42. The van der Waals surface area contributed by atoms with Crippen LogP contribution in [-0.4, -0.2) is 18.2 Å². The highest BCUT2D eigenvalue weighted by Gasteiger charge is 2.25. The molecule has 1 N–H and O–H groups in total. The standard InChI is InChI=1S/C18H15ClN2O/c19-15-6-2-5-14-17(20-10-16(22)21-18(14)15)13-4-1-3-12(9-13)11-7-8-11/h1-6,9,11H,7-8,10H2,(H,21,22). The molecule has 1 saturated carbocycles. The van der Waals surface area contributed by atoms with E-state index in [1.807, 2.05) is 18.2 Å². The predicted molar refractivity (Wildman–Crippen MR) is 89.0 cm³/mol. The first-order chi connectivity index (χ1) is 10.7. The van der Waals surface area contributed by atoms with Crippen molar-refractivity contribution in [1.82, 2.24) is 0 Å². The van der Waals surface area contributed by atoms with Gasteiger partial charge in [-0.05, 0) is 36.5 Å². The molecule has 2 aromatic rings. The number of benzodiazepines with no additional fused rings is 1. The number of para-hydroxylation sites is 1. The van der Waals surface area contributed by atoms with Crippen LogP contribution in [0.15, 0.2) is 47.5 Å². The topological polar surface area (TPSA) is 41.5 Å². The molecule has 4 rings (SSSR count). The molecule has 0 saturated heterocycles. The summed E-state index contributed by atoms with van der Waals surface area (Å²) in [4.78, 5) is 16.4. The summed E-state index contributed by atoms with van der Waals surface area (Å²) in [5, 5.41) is 3.40. The van der Waals surface area contributed by atoms with E-state index in [1.54, 1.807) is 6.07 Å². The van der Waals surface area contributed by atoms with Gasteiger partial charge in [0.2, 0.25) is 5.91 Å². The summed E-state index contributed by atoms with van der Waals surface area (Å²) < 4.78 is 0. The van der Waals surface area contributed by atoms with Gasteiger partial charge in [0.05, 0.1) is 16.4 Å². The van der Waals surface area contributed by atoms with E-state index in [0.29, 0.717) is 16.6 Å². The zero-order chi connectivity index (χ0) is 15.1. The molecule has 0 unspecified atom stereocenters. The maximum atomic E-state index is 11.9. The van der Waals surface area contributed by atoms with Crippen LogP contribution >= 0.6 is 11.6 Å². The molecule has 1 fully saturated rings. The van der Waals surface area contributed by atoms with Gasteiger partial charge in [-0.15, -0.1) is 0 Å². The molecular formula is C18H15ClN2O. The molecule has 1 amide bonds. The number of rotatable bonds is 2. The Morgan fingerprint density at radius 1 is 1.14 bits per heavy atom. The average molecular weight is 311 g/mol. The molecule has 110 valence electrons. The first-order valence-electron chi connectivity index (χ1n) is 7.46. The van der Waals surface area contributed by atoms with Crippen LogP contribution in [0.2, 0.25) is 5.02 Å². The van der Waals surface area contributed by atoms with E-state index in [9.17, 15) is 4.79 Å².